The Kier molecular flexibility index (Phi) is 7.89. The molecule has 1 heterocycles. The molecule has 5 nitrogen and oxygen atoms in total. The van der Waals surface area contributed by atoms with Crippen LogP contribution in [0, 0.1) is 31.4 Å². The number of aryl methyl sites for hydroxylation is 2. The minimum atomic E-state index is -0.933. The highest BCUT2D eigenvalue weighted by atomic mass is 35.5. The maximum atomic E-state index is 14.6. The van der Waals surface area contributed by atoms with Crippen LogP contribution in [0.15, 0.2) is 48.5 Å². The molecule has 5 rings (SSSR count). The number of benzene rings is 3. The van der Waals surface area contributed by atoms with Crippen molar-refractivity contribution in [2.24, 2.45) is 5.92 Å². The number of halogens is 3. The predicted octanol–water partition coefficient (Wildman–Crippen LogP) is 8.10. The summed E-state index contributed by atoms with van der Waals surface area (Å²) >= 11 is 6.15. The molecular weight excluding hydrogens is 522 g/mol. The molecule has 1 aromatic heterocycles. The quantitative estimate of drug-likeness (QED) is 0.217. The summed E-state index contributed by atoms with van der Waals surface area (Å²) in [6.45, 7) is 4.11. The Labute approximate surface area is 231 Å². The molecule has 3 aromatic carbocycles. The van der Waals surface area contributed by atoms with Gasteiger partial charge in [0.1, 0.15) is 5.75 Å². The molecule has 0 bridgehead atoms. The van der Waals surface area contributed by atoms with E-state index in [9.17, 15) is 13.6 Å². The lowest BCUT2D eigenvalue weighted by Gasteiger charge is -2.31. The molecule has 8 heteroatoms. The SMILES string of the molecule is COC(=O)c1cc(C)c(OCC(c2c3cc(F)c(F)cc3nn2-c2ccc(Cl)cc2)C2CCCCC2)c(C)c1. The molecule has 0 radical (unpaired) electrons. The number of aromatic nitrogens is 2. The normalized spacial score (nSPS) is 14.9. The van der Waals surface area contributed by atoms with Gasteiger partial charge in [0.15, 0.2) is 11.6 Å². The Bertz CT molecular complexity index is 1490. The molecule has 0 amide bonds. The second kappa shape index (κ2) is 11.3. The van der Waals surface area contributed by atoms with Gasteiger partial charge in [-0.3, -0.25) is 0 Å². The summed E-state index contributed by atoms with van der Waals surface area (Å²) in [5.41, 5.74) is 4.04. The van der Waals surface area contributed by atoms with Crippen molar-refractivity contribution in [2.75, 3.05) is 13.7 Å². The van der Waals surface area contributed by atoms with Crippen molar-refractivity contribution in [3.05, 3.63) is 87.6 Å². The van der Waals surface area contributed by atoms with Crippen LogP contribution in [0.5, 0.6) is 5.75 Å². The first-order valence-corrected chi connectivity index (χ1v) is 13.6. The van der Waals surface area contributed by atoms with Crippen molar-refractivity contribution < 1.29 is 23.0 Å². The molecule has 1 aliphatic carbocycles. The van der Waals surface area contributed by atoms with Gasteiger partial charge in [0, 0.05) is 22.4 Å². The minimum absolute atomic E-state index is 0.144. The molecule has 1 unspecified atom stereocenters. The molecule has 1 fully saturated rings. The third-order valence-corrected chi connectivity index (χ3v) is 7.93. The van der Waals surface area contributed by atoms with Gasteiger partial charge in [0.05, 0.1) is 36.2 Å². The van der Waals surface area contributed by atoms with Crippen LogP contribution < -0.4 is 4.74 Å². The van der Waals surface area contributed by atoms with E-state index in [2.05, 4.69) is 0 Å². The number of ether oxygens (including phenoxy) is 2. The van der Waals surface area contributed by atoms with Crippen molar-refractivity contribution in [1.29, 1.82) is 0 Å². The molecule has 0 saturated heterocycles. The zero-order valence-corrected chi connectivity index (χ0v) is 23.0. The molecular formula is C31H31ClF2N2O3. The number of fused-ring (bicyclic) bond motifs is 1. The molecule has 1 atom stereocenters. The van der Waals surface area contributed by atoms with Gasteiger partial charge in [0.2, 0.25) is 0 Å². The maximum Gasteiger partial charge on any atom is 0.337 e. The largest absolute Gasteiger partial charge is 0.492 e. The smallest absolute Gasteiger partial charge is 0.337 e. The van der Waals surface area contributed by atoms with Gasteiger partial charge >= 0.3 is 5.97 Å². The standard InChI is InChI=1S/C31H31ClF2N2O3/c1-18-13-21(31(37)38-3)14-19(2)30(18)39-17-25(20-7-5-4-6-8-20)29-24-15-26(33)27(34)16-28(24)35-36(29)23-11-9-22(32)10-12-23/h9-16,20,25H,4-8,17H2,1-3H3. The molecule has 1 saturated carbocycles. The molecule has 4 aromatic rings. The van der Waals surface area contributed by atoms with Crippen molar-refractivity contribution in [1.82, 2.24) is 9.78 Å². The van der Waals surface area contributed by atoms with E-state index < -0.39 is 17.6 Å². The van der Waals surface area contributed by atoms with E-state index in [0.29, 0.717) is 33.8 Å². The fourth-order valence-corrected chi connectivity index (χ4v) is 5.92. The lowest BCUT2D eigenvalue weighted by Crippen LogP contribution is -2.25. The van der Waals surface area contributed by atoms with Crippen molar-refractivity contribution in [2.45, 2.75) is 51.9 Å². The summed E-state index contributed by atoms with van der Waals surface area (Å²) in [6.07, 6.45) is 5.38. The Morgan fingerprint density at radius 3 is 2.31 bits per heavy atom. The summed E-state index contributed by atoms with van der Waals surface area (Å²) in [5, 5.41) is 5.87. The Balaban J connectivity index is 1.62. The van der Waals surface area contributed by atoms with E-state index >= 15 is 0 Å². The van der Waals surface area contributed by atoms with Gasteiger partial charge in [-0.25, -0.2) is 18.3 Å². The fraction of sp³-hybridized carbons (Fsp3) is 0.355. The monoisotopic (exact) mass is 552 g/mol. The highest BCUT2D eigenvalue weighted by molar-refractivity contribution is 6.30. The van der Waals surface area contributed by atoms with Crippen molar-refractivity contribution >= 4 is 28.5 Å². The van der Waals surface area contributed by atoms with Crippen LogP contribution in [0.3, 0.4) is 0 Å². The van der Waals surface area contributed by atoms with Gasteiger partial charge in [-0.15, -0.1) is 0 Å². The topological polar surface area (TPSA) is 53.4 Å². The number of nitrogens with zero attached hydrogens (tertiary/aromatic N) is 2. The Hall–Kier alpha value is -3.45. The van der Waals surface area contributed by atoms with Crippen molar-refractivity contribution in [3.8, 4) is 11.4 Å². The van der Waals surface area contributed by atoms with Gasteiger partial charge in [-0.05, 0) is 86.2 Å². The lowest BCUT2D eigenvalue weighted by atomic mass is 9.78. The summed E-state index contributed by atoms with van der Waals surface area (Å²) in [6, 6.07) is 13.2. The van der Waals surface area contributed by atoms with Crippen LogP contribution in [0.1, 0.15) is 65.2 Å². The highest BCUT2D eigenvalue weighted by Gasteiger charge is 2.32. The third-order valence-electron chi connectivity index (χ3n) is 7.68. The van der Waals surface area contributed by atoms with Crippen LogP contribution in [0.25, 0.3) is 16.6 Å². The number of carbonyl (C=O) groups is 1. The van der Waals surface area contributed by atoms with Gasteiger partial charge < -0.3 is 9.47 Å². The maximum absolute atomic E-state index is 14.6. The van der Waals surface area contributed by atoms with Crippen LogP contribution in [-0.4, -0.2) is 29.5 Å². The average Bonchev–Trinajstić information content (AvgIpc) is 3.28. The van der Waals surface area contributed by atoms with E-state index in [1.807, 2.05) is 26.0 Å². The number of carbonyl (C=O) groups excluding carboxylic acids is 1. The number of rotatable bonds is 7. The Morgan fingerprint density at radius 2 is 1.67 bits per heavy atom. The Morgan fingerprint density at radius 1 is 1.03 bits per heavy atom. The number of hydrogen-bond donors (Lipinski definition) is 0. The van der Waals surface area contributed by atoms with E-state index in [1.165, 1.54) is 19.6 Å². The second-order valence-electron chi connectivity index (χ2n) is 10.3. The number of methoxy groups -OCH3 is 1. The van der Waals surface area contributed by atoms with Crippen LogP contribution >= 0.6 is 11.6 Å². The molecule has 0 aliphatic heterocycles. The van der Waals surface area contributed by atoms with E-state index in [1.54, 1.807) is 28.9 Å². The summed E-state index contributed by atoms with van der Waals surface area (Å²) in [4.78, 5) is 12.1. The van der Waals surface area contributed by atoms with Gasteiger partial charge in [-0.2, -0.15) is 5.10 Å². The van der Waals surface area contributed by atoms with Crippen LogP contribution in [-0.2, 0) is 4.74 Å². The van der Waals surface area contributed by atoms with E-state index in [-0.39, 0.29) is 11.8 Å². The minimum Gasteiger partial charge on any atom is -0.492 e. The molecule has 1 aliphatic rings. The zero-order valence-electron chi connectivity index (χ0n) is 22.3. The summed E-state index contributed by atoms with van der Waals surface area (Å²) in [7, 11) is 1.36. The first-order chi connectivity index (χ1) is 18.8. The summed E-state index contributed by atoms with van der Waals surface area (Å²) in [5.74, 6) is -1.42. The summed E-state index contributed by atoms with van der Waals surface area (Å²) < 4.78 is 42.0. The van der Waals surface area contributed by atoms with E-state index in [0.717, 1.165) is 54.3 Å². The molecule has 39 heavy (non-hydrogen) atoms. The lowest BCUT2D eigenvalue weighted by molar-refractivity contribution is 0.0600. The zero-order chi connectivity index (χ0) is 27.7. The highest BCUT2D eigenvalue weighted by Crippen LogP contribution is 2.41. The fourth-order valence-electron chi connectivity index (χ4n) is 5.80. The van der Waals surface area contributed by atoms with Crippen molar-refractivity contribution in [3.63, 3.8) is 0 Å². The van der Waals surface area contributed by atoms with Crippen LogP contribution in [0.2, 0.25) is 5.02 Å². The molecule has 204 valence electrons. The van der Waals surface area contributed by atoms with Gasteiger partial charge in [0.25, 0.3) is 0 Å². The molecule has 0 N–H and O–H groups in total. The first kappa shape index (κ1) is 27.1. The molecule has 0 spiro atoms. The predicted molar refractivity (Wildman–Crippen MR) is 148 cm³/mol. The average molecular weight is 553 g/mol. The number of esters is 1. The second-order valence-corrected chi connectivity index (χ2v) is 10.7. The number of hydrogen-bond acceptors (Lipinski definition) is 4. The van der Waals surface area contributed by atoms with Crippen LogP contribution in [0.4, 0.5) is 8.78 Å². The third kappa shape index (κ3) is 5.50. The first-order valence-electron chi connectivity index (χ1n) is 13.2. The van der Waals surface area contributed by atoms with Gasteiger partial charge in [-0.1, -0.05) is 30.9 Å². The van der Waals surface area contributed by atoms with E-state index in [4.69, 9.17) is 26.2 Å².